The van der Waals surface area contributed by atoms with Crippen LogP contribution in [0.1, 0.15) is 35.2 Å². The molecule has 5 nitrogen and oxygen atoms in total. The lowest BCUT2D eigenvalue weighted by molar-refractivity contribution is 0.0724. The van der Waals surface area contributed by atoms with Gasteiger partial charge in [0.05, 0.1) is 11.9 Å². The predicted molar refractivity (Wildman–Crippen MR) is 84.2 cm³/mol. The van der Waals surface area contributed by atoms with Gasteiger partial charge < -0.3 is 4.90 Å². The minimum atomic E-state index is -3.34. The molecule has 0 atom stereocenters. The molecule has 2 rings (SSSR count). The van der Waals surface area contributed by atoms with Gasteiger partial charge in [-0.3, -0.25) is 9.10 Å². The molecule has 0 bridgehead atoms. The first-order chi connectivity index (χ1) is 9.80. The molecule has 1 aromatic carbocycles. The van der Waals surface area contributed by atoms with Gasteiger partial charge in [0.2, 0.25) is 10.0 Å². The molecule has 21 heavy (non-hydrogen) atoms. The summed E-state index contributed by atoms with van der Waals surface area (Å²) in [6, 6.07) is 5.24. The van der Waals surface area contributed by atoms with Crippen molar-refractivity contribution < 1.29 is 13.2 Å². The van der Waals surface area contributed by atoms with E-state index in [4.69, 9.17) is 0 Å². The average molecular weight is 310 g/mol. The number of hydrogen-bond donors (Lipinski definition) is 0. The van der Waals surface area contributed by atoms with Gasteiger partial charge in [0.15, 0.2) is 0 Å². The number of carbonyl (C=O) groups excluding carboxylic acids is 1. The van der Waals surface area contributed by atoms with Crippen molar-refractivity contribution in [1.82, 2.24) is 4.90 Å². The molecule has 1 amide bonds. The van der Waals surface area contributed by atoms with Crippen LogP contribution in [-0.4, -0.2) is 45.6 Å². The number of benzene rings is 1. The van der Waals surface area contributed by atoms with E-state index in [1.54, 1.807) is 18.2 Å². The van der Waals surface area contributed by atoms with E-state index in [-0.39, 0.29) is 5.91 Å². The molecule has 1 aliphatic rings. The van der Waals surface area contributed by atoms with Crippen LogP contribution in [0.3, 0.4) is 0 Å². The topological polar surface area (TPSA) is 57.7 Å². The fourth-order valence-corrected chi connectivity index (χ4v) is 3.09. The number of likely N-dealkylation sites (tertiary alicyclic amines) is 1. The summed E-state index contributed by atoms with van der Waals surface area (Å²) < 4.78 is 24.6. The Balaban J connectivity index is 2.32. The van der Waals surface area contributed by atoms with Gasteiger partial charge in [0.1, 0.15) is 0 Å². The summed E-state index contributed by atoms with van der Waals surface area (Å²) >= 11 is 0. The van der Waals surface area contributed by atoms with Gasteiger partial charge in [0.25, 0.3) is 5.91 Å². The highest BCUT2D eigenvalue weighted by Gasteiger charge is 2.21. The second-order valence-electron chi connectivity index (χ2n) is 5.58. The monoisotopic (exact) mass is 310 g/mol. The molecule has 1 aliphatic heterocycles. The minimum absolute atomic E-state index is 0.0159. The lowest BCUT2D eigenvalue weighted by Crippen LogP contribution is -2.35. The summed E-state index contributed by atoms with van der Waals surface area (Å²) in [6.07, 6.45) is 4.40. The Labute approximate surface area is 126 Å². The Morgan fingerprint density at radius 1 is 1.19 bits per heavy atom. The summed E-state index contributed by atoms with van der Waals surface area (Å²) in [6.45, 7) is 3.40. The molecular weight excluding hydrogens is 288 g/mol. The fourth-order valence-electron chi connectivity index (χ4n) is 2.54. The Morgan fingerprint density at radius 3 is 2.38 bits per heavy atom. The van der Waals surface area contributed by atoms with Crippen LogP contribution in [-0.2, 0) is 10.0 Å². The Morgan fingerprint density at radius 2 is 1.81 bits per heavy atom. The van der Waals surface area contributed by atoms with Gasteiger partial charge in [-0.25, -0.2) is 8.42 Å². The van der Waals surface area contributed by atoms with Crippen LogP contribution in [0.5, 0.6) is 0 Å². The van der Waals surface area contributed by atoms with Crippen LogP contribution in [0, 0.1) is 6.92 Å². The number of amides is 1. The zero-order valence-corrected chi connectivity index (χ0v) is 13.6. The summed E-state index contributed by atoms with van der Waals surface area (Å²) in [7, 11) is -1.83. The Hall–Kier alpha value is -1.56. The smallest absolute Gasteiger partial charge is 0.253 e. The third-order valence-electron chi connectivity index (χ3n) is 3.94. The van der Waals surface area contributed by atoms with Crippen LogP contribution in [0.2, 0.25) is 0 Å². The van der Waals surface area contributed by atoms with Crippen molar-refractivity contribution in [3.8, 4) is 0 Å². The first-order valence-electron chi connectivity index (χ1n) is 7.14. The lowest BCUT2D eigenvalue weighted by atomic mass is 10.1. The number of aryl methyl sites for hydroxylation is 1. The van der Waals surface area contributed by atoms with Gasteiger partial charge in [-0.2, -0.15) is 0 Å². The molecule has 0 N–H and O–H groups in total. The third-order valence-corrected chi connectivity index (χ3v) is 5.13. The van der Waals surface area contributed by atoms with Crippen LogP contribution in [0.15, 0.2) is 18.2 Å². The zero-order valence-electron chi connectivity index (χ0n) is 12.8. The number of hydrogen-bond acceptors (Lipinski definition) is 3. The number of sulfonamides is 1. The van der Waals surface area contributed by atoms with Crippen molar-refractivity contribution in [2.24, 2.45) is 0 Å². The normalized spacial score (nSPS) is 15.9. The molecule has 0 aromatic heterocycles. The molecule has 1 fully saturated rings. The van der Waals surface area contributed by atoms with E-state index in [2.05, 4.69) is 0 Å². The van der Waals surface area contributed by atoms with E-state index in [1.807, 2.05) is 11.8 Å². The summed E-state index contributed by atoms with van der Waals surface area (Å²) in [4.78, 5) is 14.3. The third kappa shape index (κ3) is 3.56. The number of nitrogens with zero attached hydrogens (tertiary/aromatic N) is 2. The highest BCUT2D eigenvalue weighted by atomic mass is 32.2. The molecule has 0 unspecified atom stereocenters. The maximum Gasteiger partial charge on any atom is 0.253 e. The van der Waals surface area contributed by atoms with Crippen molar-refractivity contribution in [3.05, 3.63) is 29.3 Å². The van der Waals surface area contributed by atoms with E-state index in [9.17, 15) is 13.2 Å². The number of piperidine rings is 1. The van der Waals surface area contributed by atoms with Gasteiger partial charge >= 0.3 is 0 Å². The van der Waals surface area contributed by atoms with E-state index in [0.717, 1.165) is 37.8 Å². The van der Waals surface area contributed by atoms with Crippen LogP contribution in [0.4, 0.5) is 5.69 Å². The molecule has 0 spiro atoms. The Kier molecular flexibility index (Phi) is 4.56. The first-order valence-corrected chi connectivity index (χ1v) is 8.99. The molecule has 116 valence electrons. The number of anilines is 1. The highest BCUT2D eigenvalue weighted by molar-refractivity contribution is 7.92. The lowest BCUT2D eigenvalue weighted by Gasteiger charge is -2.27. The van der Waals surface area contributed by atoms with Crippen molar-refractivity contribution >= 4 is 21.6 Å². The van der Waals surface area contributed by atoms with Crippen LogP contribution >= 0.6 is 0 Å². The molecule has 0 radical (unpaired) electrons. The maximum absolute atomic E-state index is 12.5. The molecule has 0 saturated carbocycles. The molecule has 6 heteroatoms. The largest absolute Gasteiger partial charge is 0.339 e. The highest BCUT2D eigenvalue weighted by Crippen LogP contribution is 2.24. The second kappa shape index (κ2) is 6.05. The van der Waals surface area contributed by atoms with Crippen LogP contribution in [0.25, 0.3) is 0 Å². The quantitative estimate of drug-likeness (QED) is 0.858. The van der Waals surface area contributed by atoms with Gasteiger partial charge in [0, 0.05) is 25.7 Å². The van der Waals surface area contributed by atoms with Gasteiger partial charge in [-0.05, 0) is 43.9 Å². The fraction of sp³-hybridized carbons (Fsp3) is 0.533. The minimum Gasteiger partial charge on any atom is -0.339 e. The number of rotatable bonds is 3. The van der Waals surface area contributed by atoms with Crippen molar-refractivity contribution in [1.29, 1.82) is 0 Å². The van der Waals surface area contributed by atoms with Crippen molar-refractivity contribution in [3.63, 3.8) is 0 Å². The summed E-state index contributed by atoms with van der Waals surface area (Å²) in [5.41, 5.74) is 1.94. The molecule has 1 saturated heterocycles. The summed E-state index contributed by atoms with van der Waals surface area (Å²) in [5, 5.41) is 0. The molecule has 1 aromatic rings. The van der Waals surface area contributed by atoms with Crippen molar-refractivity contribution in [2.75, 3.05) is 30.7 Å². The number of carbonyl (C=O) groups is 1. The molecule has 0 aliphatic carbocycles. The molecule has 1 heterocycles. The first kappa shape index (κ1) is 15.8. The zero-order chi connectivity index (χ0) is 15.6. The Bertz CT molecular complexity index is 634. The van der Waals surface area contributed by atoms with E-state index < -0.39 is 10.0 Å². The summed E-state index contributed by atoms with van der Waals surface area (Å²) in [5.74, 6) is -0.0159. The van der Waals surface area contributed by atoms with Gasteiger partial charge in [-0.1, -0.05) is 6.07 Å². The van der Waals surface area contributed by atoms with E-state index >= 15 is 0 Å². The van der Waals surface area contributed by atoms with Crippen molar-refractivity contribution in [2.45, 2.75) is 26.2 Å². The standard InChI is InChI=1S/C15H22N2O3S/c1-12-7-8-13(11-14(12)16(2)21(3,19)20)15(18)17-9-5-4-6-10-17/h7-8,11H,4-6,9-10H2,1-3H3. The van der Waals surface area contributed by atoms with E-state index in [0.29, 0.717) is 11.3 Å². The van der Waals surface area contributed by atoms with Gasteiger partial charge in [-0.15, -0.1) is 0 Å². The van der Waals surface area contributed by atoms with Crippen LogP contribution < -0.4 is 4.31 Å². The van der Waals surface area contributed by atoms with E-state index in [1.165, 1.54) is 17.8 Å². The average Bonchev–Trinajstić information content (AvgIpc) is 2.46. The second-order valence-corrected chi connectivity index (χ2v) is 7.60. The SMILES string of the molecule is Cc1ccc(C(=O)N2CCCCC2)cc1N(C)S(C)(=O)=O. The molecular formula is C15H22N2O3S. The maximum atomic E-state index is 12.5. The predicted octanol–water partition coefficient (Wildman–Crippen LogP) is 2.02.